The van der Waals surface area contributed by atoms with E-state index in [-0.39, 0.29) is 5.91 Å². The first kappa shape index (κ1) is 24.0. The number of hydrogen-bond donors (Lipinski definition) is 0. The second-order valence-electron chi connectivity index (χ2n) is 8.50. The minimum atomic E-state index is -0.0359. The Balaban J connectivity index is 1.39. The van der Waals surface area contributed by atoms with Crippen molar-refractivity contribution in [3.8, 4) is 0 Å². The van der Waals surface area contributed by atoms with Crippen molar-refractivity contribution in [3.05, 3.63) is 35.4 Å². The Morgan fingerprint density at radius 2 is 1.85 bits per heavy atom. The topological polar surface area (TPSA) is 78.2 Å². The van der Waals surface area contributed by atoms with Crippen LogP contribution in [0, 0.1) is 0 Å². The van der Waals surface area contributed by atoms with Crippen LogP contribution >= 0.6 is 11.8 Å². The quantitative estimate of drug-likeness (QED) is 0.422. The lowest BCUT2D eigenvalue weighted by atomic mass is 10.3. The van der Waals surface area contributed by atoms with Gasteiger partial charge in [0.25, 0.3) is 5.91 Å². The average Bonchev–Trinajstić information content (AvgIpc) is 3.32. The zero-order valence-corrected chi connectivity index (χ0v) is 20.6. The van der Waals surface area contributed by atoms with Gasteiger partial charge in [-0.15, -0.1) is 0 Å². The van der Waals surface area contributed by atoms with Gasteiger partial charge in [-0.1, -0.05) is 18.7 Å². The van der Waals surface area contributed by atoms with Gasteiger partial charge in [0.15, 0.2) is 10.9 Å². The fraction of sp³-hybridized carbons (Fsp3) is 0.609. The number of aromatic nitrogens is 2. The Hall–Kier alpha value is -2.14. The Bertz CT molecular complexity index is 923. The summed E-state index contributed by atoms with van der Waals surface area (Å²) in [5.41, 5.74) is 0.869. The van der Waals surface area contributed by atoms with E-state index in [1.807, 2.05) is 17.0 Å². The maximum atomic E-state index is 12.7. The number of anilines is 1. The average molecular weight is 475 g/mol. The van der Waals surface area contributed by atoms with Crippen LogP contribution in [-0.2, 0) is 17.1 Å². The Kier molecular flexibility index (Phi) is 8.24. The van der Waals surface area contributed by atoms with Crippen molar-refractivity contribution in [1.29, 1.82) is 0 Å². The second-order valence-corrected chi connectivity index (χ2v) is 9.45. The molecular weight excluding hydrogens is 440 g/mol. The molecule has 0 atom stereocenters. The highest BCUT2D eigenvalue weighted by molar-refractivity contribution is 7.98. The molecular formula is C23H34N6O3S. The SMILES string of the molecule is CCN1CCN(c2cc(COC)nc(SCc3ccc(C(=O)N4CCN(C)CC4)o3)n2)CC1. The molecule has 2 aliphatic heterocycles. The fourth-order valence-corrected chi connectivity index (χ4v) is 4.84. The number of hydrogen-bond acceptors (Lipinski definition) is 9. The molecule has 0 spiro atoms. The fourth-order valence-electron chi connectivity index (χ4n) is 4.07. The van der Waals surface area contributed by atoms with Crippen LogP contribution in [0.15, 0.2) is 27.8 Å². The lowest BCUT2D eigenvalue weighted by Crippen LogP contribution is -2.47. The molecule has 10 heteroatoms. The number of amides is 1. The van der Waals surface area contributed by atoms with Crippen LogP contribution in [0.1, 0.15) is 28.9 Å². The predicted molar refractivity (Wildman–Crippen MR) is 129 cm³/mol. The lowest BCUT2D eigenvalue weighted by molar-refractivity contribution is 0.0631. The summed E-state index contributed by atoms with van der Waals surface area (Å²) in [6.07, 6.45) is 0. The van der Waals surface area contributed by atoms with Gasteiger partial charge in [0.05, 0.1) is 18.1 Å². The smallest absolute Gasteiger partial charge is 0.289 e. The van der Waals surface area contributed by atoms with Gasteiger partial charge in [0.2, 0.25) is 0 Å². The summed E-state index contributed by atoms with van der Waals surface area (Å²) in [4.78, 5) is 31.0. The van der Waals surface area contributed by atoms with Crippen molar-refractivity contribution in [2.24, 2.45) is 0 Å². The van der Waals surface area contributed by atoms with Crippen LogP contribution < -0.4 is 4.90 Å². The summed E-state index contributed by atoms with van der Waals surface area (Å²) in [6, 6.07) is 5.67. The molecule has 2 fully saturated rings. The first-order chi connectivity index (χ1) is 16.1. The molecule has 2 saturated heterocycles. The van der Waals surface area contributed by atoms with Gasteiger partial charge in [-0.3, -0.25) is 4.79 Å². The monoisotopic (exact) mass is 474 g/mol. The van der Waals surface area contributed by atoms with E-state index in [9.17, 15) is 4.79 Å². The molecule has 180 valence electrons. The summed E-state index contributed by atoms with van der Waals surface area (Å²) < 4.78 is 11.2. The van der Waals surface area contributed by atoms with E-state index in [2.05, 4.69) is 33.7 Å². The number of ether oxygens (including phenoxy) is 1. The number of nitrogens with zero attached hydrogens (tertiary/aromatic N) is 6. The molecule has 0 bridgehead atoms. The summed E-state index contributed by atoms with van der Waals surface area (Å²) in [7, 11) is 3.75. The summed E-state index contributed by atoms with van der Waals surface area (Å²) in [6.45, 7) is 11.0. The summed E-state index contributed by atoms with van der Waals surface area (Å²) >= 11 is 1.52. The molecule has 0 saturated carbocycles. The normalized spacial score (nSPS) is 18.2. The molecule has 0 radical (unpaired) electrons. The molecule has 4 rings (SSSR count). The third-order valence-electron chi connectivity index (χ3n) is 6.19. The summed E-state index contributed by atoms with van der Waals surface area (Å²) in [5, 5.41) is 0.695. The predicted octanol–water partition coefficient (Wildman–Crippen LogP) is 2.04. The molecule has 4 heterocycles. The van der Waals surface area contributed by atoms with Crippen molar-refractivity contribution in [2.45, 2.75) is 24.4 Å². The highest BCUT2D eigenvalue weighted by atomic mass is 32.2. The number of methoxy groups -OCH3 is 1. The highest BCUT2D eigenvalue weighted by Crippen LogP contribution is 2.25. The minimum Gasteiger partial charge on any atom is -0.455 e. The highest BCUT2D eigenvalue weighted by Gasteiger charge is 2.23. The second kappa shape index (κ2) is 11.3. The number of likely N-dealkylation sites (N-methyl/N-ethyl adjacent to an activating group) is 2. The minimum absolute atomic E-state index is 0.0359. The van der Waals surface area contributed by atoms with E-state index in [4.69, 9.17) is 14.1 Å². The zero-order valence-electron chi connectivity index (χ0n) is 19.8. The van der Waals surface area contributed by atoms with E-state index in [0.717, 1.165) is 76.2 Å². The Morgan fingerprint density at radius 3 is 2.55 bits per heavy atom. The molecule has 0 aliphatic carbocycles. The van der Waals surface area contributed by atoms with Crippen molar-refractivity contribution in [1.82, 2.24) is 24.7 Å². The first-order valence-electron chi connectivity index (χ1n) is 11.6. The molecule has 2 aromatic heterocycles. The van der Waals surface area contributed by atoms with Crippen molar-refractivity contribution < 1.29 is 13.9 Å². The number of piperazine rings is 2. The molecule has 0 aromatic carbocycles. The van der Waals surface area contributed by atoms with Gasteiger partial charge in [-0.2, -0.15) is 0 Å². The van der Waals surface area contributed by atoms with Gasteiger partial charge in [-0.05, 0) is 25.7 Å². The molecule has 9 nitrogen and oxygen atoms in total. The Labute approximate surface area is 200 Å². The van der Waals surface area contributed by atoms with Crippen LogP contribution in [0.4, 0.5) is 5.82 Å². The molecule has 2 aliphatic rings. The lowest BCUT2D eigenvalue weighted by Gasteiger charge is -2.34. The van der Waals surface area contributed by atoms with Gasteiger partial charge in [0.1, 0.15) is 11.6 Å². The van der Waals surface area contributed by atoms with E-state index < -0.39 is 0 Å². The van der Waals surface area contributed by atoms with Crippen molar-refractivity contribution >= 4 is 23.5 Å². The first-order valence-corrected chi connectivity index (χ1v) is 12.6. The van der Waals surface area contributed by atoms with Gasteiger partial charge < -0.3 is 28.8 Å². The Morgan fingerprint density at radius 1 is 1.09 bits per heavy atom. The number of rotatable bonds is 8. The van der Waals surface area contributed by atoms with E-state index >= 15 is 0 Å². The van der Waals surface area contributed by atoms with E-state index in [0.29, 0.717) is 23.3 Å². The van der Waals surface area contributed by atoms with Gasteiger partial charge in [0, 0.05) is 65.5 Å². The molecule has 0 N–H and O–H groups in total. The third kappa shape index (κ3) is 6.26. The van der Waals surface area contributed by atoms with Crippen molar-refractivity contribution in [2.75, 3.05) is 78.0 Å². The van der Waals surface area contributed by atoms with Crippen LogP contribution in [0.3, 0.4) is 0 Å². The maximum absolute atomic E-state index is 12.7. The van der Waals surface area contributed by atoms with E-state index in [1.54, 1.807) is 13.2 Å². The van der Waals surface area contributed by atoms with Gasteiger partial charge >= 0.3 is 0 Å². The number of thioether (sulfide) groups is 1. The van der Waals surface area contributed by atoms with E-state index in [1.165, 1.54) is 11.8 Å². The number of carbonyl (C=O) groups excluding carboxylic acids is 1. The number of carbonyl (C=O) groups is 1. The van der Waals surface area contributed by atoms with Crippen LogP contribution in [0.5, 0.6) is 0 Å². The third-order valence-corrected chi connectivity index (χ3v) is 7.06. The van der Waals surface area contributed by atoms with Crippen LogP contribution in [-0.4, -0.2) is 104 Å². The maximum Gasteiger partial charge on any atom is 0.289 e. The summed E-state index contributed by atoms with van der Waals surface area (Å²) in [5.74, 6) is 2.62. The molecule has 1 amide bonds. The molecule has 0 unspecified atom stereocenters. The van der Waals surface area contributed by atoms with Crippen LogP contribution in [0.2, 0.25) is 0 Å². The zero-order chi connectivity index (χ0) is 23.2. The largest absolute Gasteiger partial charge is 0.455 e. The molecule has 2 aromatic rings. The standard InChI is InChI=1S/C23H34N6O3S/c1-4-27-9-13-28(14-10-27)21-15-18(16-31-3)24-23(25-21)33-17-19-5-6-20(32-19)22(30)29-11-7-26(2)8-12-29/h5-6,15H,4,7-14,16-17H2,1-3H3. The van der Waals surface area contributed by atoms with Gasteiger partial charge in [-0.25, -0.2) is 9.97 Å². The molecule has 33 heavy (non-hydrogen) atoms. The van der Waals surface area contributed by atoms with Crippen molar-refractivity contribution in [3.63, 3.8) is 0 Å². The van der Waals surface area contributed by atoms with Crippen LogP contribution in [0.25, 0.3) is 0 Å². The number of furan rings is 1.